The van der Waals surface area contributed by atoms with Gasteiger partial charge < -0.3 is 10.3 Å². The van der Waals surface area contributed by atoms with E-state index in [1.54, 1.807) is 23.7 Å². The van der Waals surface area contributed by atoms with E-state index in [1.165, 1.54) is 0 Å². The van der Waals surface area contributed by atoms with E-state index in [0.29, 0.717) is 11.6 Å². The molecule has 2 N–H and O–H groups in total. The van der Waals surface area contributed by atoms with Gasteiger partial charge >= 0.3 is 0 Å². The number of aromatic nitrogens is 2. The smallest absolute Gasteiger partial charge is 0.188 e. The molecular weight excluding hydrogens is 314 g/mol. The van der Waals surface area contributed by atoms with Gasteiger partial charge in [-0.25, -0.2) is 0 Å². The molecule has 90 valence electrons. The maximum Gasteiger partial charge on any atom is 0.188 e. The second kappa shape index (κ2) is 4.55. The lowest BCUT2D eigenvalue weighted by atomic mass is 10.1. The molecule has 0 amide bonds. The Morgan fingerprint density at radius 2 is 2.22 bits per heavy atom. The minimum absolute atomic E-state index is 0.373. The number of hydrogen-bond donors (Lipinski definition) is 1. The van der Waals surface area contributed by atoms with Crippen molar-refractivity contribution < 1.29 is 4.52 Å². The molecule has 0 aliphatic carbocycles. The van der Waals surface area contributed by atoms with Gasteiger partial charge in [0.2, 0.25) is 0 Å². The number of nitrogens with two attached hydrogens (primary N) is 1. The fraction of sp³-hybridized carbons (Fsp3) is 0. The summed E-state index contributed by atoms with van der Waals surface area (Å²) in [6, 6.07) is 5.75. The Hall–Kier alpha value is -1.66. The molecule has 0 saturated heterocycles. The predicted molar refractivity (Wildman–Crippen MR) is 75.2 cm³/mol. The first kappa shape index (κ1) is 11.4. The van der Waals surface area contributed by atoms with E-state index in [0.717, 1.165) is 20.5 Å². The number of hydrogen-bond acceptors (Lipinski definition) is 5. The van der Waals surface area contributed by atoms with Crippen molar-refractivity contribution in [2.24, 2.45) is 0 Å². The maximum atomic E-state index is 5.89. The summed E-state index contributed by atoms with van der Waals surface area (Å²) in [6.45, 7) is 0. The normalized spacial score (nSPS) is 10.7. The van der Waals surface area contributed by atoms with Crippen molar-refractivity contribution in [2.75, 3.05) is 5.73 Å². The third kappa shape index (κ3) is 1.83. The summed E-state index contributed by atoms with van der Waals surface area (Å²) >= 11 is 5.05. The van der Waals surface area contributed by atoms with Crippen molar-refractivity contribution in [2.45, 2.75) is 0 Å². The largest absolute Gasteiger partial charge is 0.380 e. The zero-order valence-electron chi connectivity index (χ0n) is 9.13. The molecule has 0 saturated carbocycles. The SMILES string of the molecule is Nc1noc(-c2sccc2Br)c1-c1cccnc1. The lowest BCUT2D eigenvalue weighted by Crippen LogP contribution is -1.88. The van der Waals surface area contributed by atoms with Crippen molar-refractivity contribution in [3.05, 3.63) is 40.4 Å². The van der Waals surface area contributed by atoms with Crippen LogP contribution in [0, 0.1) is 0 Å². The molecule has 3 aromatic rings. The molecule has 0 atom stereocenters. The topological polar surface area (TPSA) is 64.9 Å². The fourth-order valence-corrected chi connectivity index (χ4v) is 3.24. The molecule has 0 aromatic carbocycles. The average molecular weight is 322 g/mol. The van der Waals surface area contributed by atoms with Crippen LogP contribution in [-0.4, -0.2) is 10.1 Å². The molecule has 3 heterocycles. The summed E-state index contributed by atoms with van der Waals surface area (Å²) in [5, 5.41) is 5.83. The standard InChI is InChI=1S/C12H8BrN3OS/c13-8-3-5-18-11(8)10-9(12(14)16-17-10)7-2-1-4-15-6-7/h1-6H,(H2,14,16). The van der Waals surface area contributed by atoms with Gasteiger partial charge in [-0.3, -0.25) is 4.98 Å². The highest BCUT2D eigenvalue weighted by Crippen LogP contribution is 2.41. The van der Waals surface area contributed by atoms with E-state index in [9.17, 15) is 0 Å². The van der Waals surface area contributed by atoms with Gasteiger partial charge in [0.15, 0.2) is 11.6 Å². The van der Waals surface area contributed by atoms with E-state index in [1.807, 2.05) is 23.6 Å². The van der Waals surface area contributed by atoms with Crippen molar-refractivity contribution >= 4 is 33.1 Å². The third-order valence-corrected chi connectivity index (χ3v) is 4.33. The highest BCUT2D eigenvalue weighted by molar-refractivity contribution is 9.10. The predicted octanol–water partition coefficient (Wildman–Crippen LogP) is 3.81. The molecule has 3 rings (SSSR count). The second-order valence-electron chi connectivity index (χ2n) is 3.61. The number of anilines is 1. The molecule has 0 bridgehead atoms. The summed E-state index contributed by atoms with van der Waals surface area (Å²) in [4.78, 5) is 5.06. The Balaban J connectivity index is 2.22. The quantitative estimate of drug-likeness (QED) is 0.779. The molecule has 4 nitrogen and oxygen atoms in total. The monoisotopic (exact) mass is 321 g/mol. The summed E-state index contributed by atoms with van der Waals surface area (Å²) < 4.78 is 6.32. The highest BCUT2D eigenvalue weighted by atomic mass is 79.9. The van der Waals surface area contributed by atoms with Gasteiger partial charge in [-0.05, 0) is 33.4 Å². The molecule has 6 heteroatoms. The molecule has 0 radical (unpaired) electrons. The molecule has 18 heavy (non-hydrogen) atoms. The van der Waals surface area contributed by atoms with E-state index < -0.39 is 0 Å². The molecular formula is C12H8BrN3OS. The van der Waals surface area contributed by atoms with Gasteiger partial charge in [-0.15, -0.1) is 11.3 Å². The van der Waals surface area contributed by atoms with Crippen LogP contribution >= 0.6 is 27.3 Å². The minimum Gasteiger partial charge on any atom is -0.380 e. The Bertz CT molecular complexity index is 678. The highest BCUT2D eigenvalue weighted by Gasteiger charge is 2.20. The van der Waals surface area contributed by atoms with Gasteiger partial charge in [-0.1, -0.05) is 11.2 Å². The number of nitrogen functional groups attached to an aromatic ring is 1. The van der Waals surface area contributed by atoms with Crippen LogP contribution in [0.5, 0.6) is 0 Å². The first-order chi connectivity index (χ1) is 8.77. The Labute approximate surface area is 116 Å². The van der Waals surface area contributed by atoms with Crippen LogP contribution < -0.4 is 5.73 Å². The van der Waals surface area contributed by atoms with Crippen molar-refractivity contribution in [3.8, 4) is 21.8 Å². The van der Waals surface area contributed by atoms with Crippen LogP contribution in [0.1, 0.15) is 0 Å². The van der Waals surface area contributed by atoms with Gasteiger partial charge in [0.25, 0.3) is 0 Å². The molecule has 0 spiro atoms. The summed E-state index contributed by atoms with van der Waals surface area (Å²) in [7, 11) is 0. The Morgan fingerprint density at radius 1 is 1.33 bits per heavy atom. The van der Waals surface area contributed by atoms with Gasteiger partial charge in [0.1, 0.15) is 0 Å². The van der Waals surface area contributed by atoms with Crippen LogP contribution in [0.2, 0.25) is 0 Å². The van der Waals surface area contributed by atoms with Gasteiger partial charge in [-0.2, -0.15) is 0 Å². The first-order valence-corrected chi connectivity index (χ1v) is 6.83. The molecule has 0 unspecified atom stereocenters. The van der Waals surface area contributed by atoms with Crippen molar-refractivity contribution in [1.82, 2.24) is 10.1 Å². The van der Waals surface area contributed by atoms with Crippen molar-refractivity contribution in [1.29, 1.82) is 0 Å². The van der Waals surface area contributed by atoms with Gasteiger partial charge in [0.05, 0.1) is 10.4 Å². The van der Waals surface area contributed by atoms with Crippen LogP contribution in [0.25, 0.3) is 21.8 Å². The summed E-state index contributed by atoms with van der Waals surface area (Å²) in [5.74, 6) is 1.04. The molecule has 0 aliphatic heterocycles. The number of halogens is 1. The number of nitrogens with zero attached hydrogens (tertiary/aromatic N) is 2. The third-order valence-electron chi connectivity index (χ3n) is 2.49. The number of rotatable bonds is 2. The summed E-state index contributed by atoms with van der Waals surface area (Å²) in [5.41, 5.74) is 7.56. The lowest BCUT2D eigenvalue weighted by molar-refractivity contribution is 0.437. The van der Waals surface area contributed by atoms with Crippen LogP contribution in [0.4, 0.5) is 5.82 Å². The van der Waals surface area contributed by atoms with E-state index in [2.05, 4.69) is 26.1 Å². The van der Waals surface area contributed by atoms with Crippen LogP contribution in [-0.2, 0) is 0 Å². The second-order valence-corrected chi connectivity index (χ2v) is 5.38. The van der Waals surface area contributed by atoms with Crippen LogP contribution in [0.3, 0.4) is 0 Å². The zero-order chi connectivity index (χ0) is 12.5. The fourth-order valence-electron chi connectivity index (χ4n) is 1.70. The lowest BCUT2D eigenvalue weighted by Gasteiger charge is -2.00. The molecule has 0 aliphatic rings. The van der Waals surface area contributed by atoms with E-state index >= 15 is 0 Å². The van der Waals surface area contributed by atoms with E-state index in [-0.39, 0.29) is 0 Å². The maximum absolute atomic E-state index is 5.89. The average Bonchev–Trinajstić information content (AvgIpc) is 2.96. The van der Waals surface area contributed by atoms with Gasteiger partial charge in [0, 0.05) is 22.4 Å². The molecule has 3 aromatic heterocycles. The Morgan fingerprint density at radius 3 is 2.89 bits per heavy atom. The van der Waals surface area contributed by atoms with Crippen molar-refractivity contribution in [3.63, 3.8) is 0 Å². The number of pyridine rings is 1. The van der Waals surface area contributed by atoms with Crippen LogP contribution in [0.15, 0.2) is 45.0 Å². The zero-order valence-corrected chi connectivity index (χ0v) is 11.5. The van der Waals surface area contributed by atoms with E-state index in [4.69, 9.17) is 10.3 Å². The number of thiophene rings is 1. The first-order valence-electron chi connectivity index (χ1n) is 5.16. The summed E-state index contributed by atoms with van der Waals surface area (Å²) in [6.07, 6.45) is 3.46. The molecule has 0 fully saturated rings. The minimum atomic E-state index is 0.373. The Kier molecular flexibility index (Phi) is 2.89.